The zero-order chi connectivity index (χ0) is 18.6. The highest BCUT2D eigenvalue weighted by Crippen LogP contribution is 2.39. The zero-order valence-electron chi connectivity index (χ0n) is 15.2. The Kier molecular flexibility index (Phi) is 5.32. The highest BCUT2D eigenvalue weighted by atomic mass is 16.6. The molecule has 0 bridgehead atoms. The topological polar surface area (TPSA) is 66.0 Å². The summed E-state index contributed by atoms with van der Waals surface area (Å²) in [6.45, 7) is 0.789. The van der Waals surface area contributed by atoms with E-state index in [1.165, 1.54) is 21.3 Å². The summed E-state index contributed by atoms with van der Waals surface area (Å²) in [5.74, 6) is 0.796. The van der Waals surface area contributed by atoms with Gasteiger partial charge >= 0.3 is 5.97 Å². The Morgan fingerprint density at radius 2 is 1.65 bits per heavy atom. The number of carbonyl (C=O) groups excluding carboxylic acids is 1. The van der Waals surface area contributed by atoms with Gasteiger partial charge in [0.05, 0.1) is 26.9 Å². The molecule has 1 saturated heterocycles. The Labute approximate surface area is 153 Å². The third-order valence-corrected chi connectivity index (χ3v) is 4.52. The zero-order valence-corrected chi connectivity index (χ0v) is 15.2. The van der Waals surface area contributed by atoms with Crippen LogP contribution in [0.25, 0.3) is 0 Å². The minimum Gasteiger partial charge on any atom is -0.493 e. The summed E-state index contributed by atoms with van der Waals surface area (Å²) in [4.78, 5) is 12.9. The summed E-state index contributed by atoms with van der Waals surface area (Å²) >= 11 is 0. The van der Waals surface area contributed by atoms with E-state index in [4.69, 9.17) is 18.9 Å². The van der Waals surface area contributed by atoms with Gasteiger partial charge in [0.2, 0.25) is 5.75 Å². The Bertz CT molecular complexity index is 744. The molecule has 0 aliphatic carbocycles. The molecular formula is C20H23NO5. The summed E-state index contributed by atoms with van der Waals surface area (Å²) < 4.78 is 21.9. The summed E-state index contributed by atoms with van der Waals surface area (Å²) in [5.41, 5.74) is 0.445. The van der Waals surface area contributed by atoms with Crippen LogP contribution in [0.2, 0.25) is 0 Å². The number of nitrogens with one attached hydrogen (secondary N) is 1. The molecule has 1 fully saturated rings. The maximum atomic E-state index is 12.9. The van der Waals surface area contributed by atoms with Crippen molar-refractivity contribution in [1.29, 1.82) is 0 Å². The normalized spacial score (nSPS) is 19.0. The number of benzene rings is 2. The van der Waals surface area contributed by atoms with E-state index in [1.807, 2.05) is 30.3 Å². The van der Waals surface area contributed by atoms with Gasteiger partial charge in [-0.05, 0) is 25.1 Å². The number of carbonyl (C=O) groups is 1. The van der Waals surface area contributed by atoms with Crippen LogP contribution in [0.3, 0.4) is 0 Å². The first-order valence-electron chi connectivity index (χ1n) is 8.47. The Morgan fingerprint density at radius 3 is 2.15 bits per heavy atom. The van der Waals surface area contributed by atoms with Gasteiger partial charge in [-0.2, -0.15) is 0 Å². The van der Waals surface area contributed by atoms with E-state index in [9.17, 15) is 4.79 Å². The standard InChI is InChI=1S/C20H23NO5/c1-23-16-12-14(13-17(24-2)18(16)25-3)19(22)26-20(10-7-11-21-20)15-8-5-4-6-9-15/h4-6,8-9,12-13,21H,7,10-11H2,1-3H3. The molecule has 1 aliphatic rings. The number of methoxy groups -OCH3 is 3. The van der Waals surface area contributed by atoms with Crippen LogP contribution in [0.4, 0.5) is 0 Å². The molecule has 1 heterocycles. The third kappa shape index (κ3) is 3.32. The summed E-state index contributed by atoms with van der Waals surface area (Å²) in [5, 5.41) is 3.34. The van der Waals surface area contributed by atoms with Crippen molar-refractivity contribution in [2.45, 2.75) is 18.6 Å². The fraction of sp³-hybridized carbons (Fsp3) is 0.350. The van der Waals surface area contributed by atoms with E-state index in [2.05, 4.69) is 5.32 Å². The highest BCUT2D eigenvalue weighted by Gasteiger charge is 2.39. The molecule has 0 radical (unpaired) electrons. The van der Waals surface area contributed by atoms with Gasteiger partial charge < -0.3 is 18.9 Å². The number of rotatable bonds is 6. The Balaban J connectivity index is 1.94. The van der Waals surface area contributed by atoms with E-state index < -0.39 is 11.7 Å². The molecule has 1 unspecified atom stereocenters. The lowest BCUT2D eigenvalue weighted by atomic mass is 10.0. The van der Waals surface area contributed by atoms with E-state index in [0.717, 1.165) is 18.5 Å². The molecule has 0 spiro atoms. The van der Waals surface area contributed by atoms with Gasteiger partial charge in [0.25, 0.3) is 0 Å². The predicted octanol–water partition coefficient (Wildman–Crippen LogP) is 3.11. The van der Waals surface area contributed by atoms with Crippen LogP contribution in [-0.4, -0.2) is 33.8 Å². The molecule has 2 aromatic carbocycles. The molecule has 3 rings (SSSR count). The number of hydrogen-bond acceptors (Lipinski definition) is 6. The van der Waals surface area contributed by atoms with Crippen LogP contribution in [0.1, 0.15) is 28.8 Å². The van der Waals surface area contributed by atoms with Crippen molar-refractivity contribution in [3.63, 3.8) is 0 Å². The van der Waals surface area contributed by atoms with Gasteiger partial charge in [0, 0.05) is 12.0 Å². The fourth-order valence-corrected chi connectivity index (χ4v) is 3.23. The molecule has 6 heteroatoms. The number of ether oxygens (including phenoxy) is 4. The molecule has 1 N–H and O–H groups in total. The van der Waals surface area contributed by atoms with Crippen molar-refractivity contribution in [3.05, 3.63) is 53.6 Å². The van der Waals surface area contributed by atoms with Crippen molar-refractivity contribution >= 4 is 5.97 Å². The van der Waals surface area contributed by atoms with Crippen LogP contribution >= 0.6 is 0 Å². The van der Waals surface area contributed by atoms with Crippen molar-refractivity contribution in [1.82, 2.24) is 5.32 Å². The number of esters is 1. The van der Waals surface area contributed by atoms with Crippen molar-refractivity contribution in [3.8, 4) is 17.2 Å². The highest BCUT2D eigenvalue weighted by molar-refractivity contribution is 5.91. The molecule has 0 amide bonds. The first-order valence-corrected chi connectivity index (χ1v) is 8.47. The minimum absolute atomic E-state index is 0.337. The average Bonchev–Trinajstić information content (AvgIpc) is 3.17. The lowest BCUT2D eigenvalue weighted by molar-refractivity contribution is -0.0308. The van der Waals surface area contributed by atoms with Gasteiger partial charge in [0.15, 0.2) is 17.2 Å². The molecule has 6 nitrogen and oxygen atoms in total. The van der Waals surface area contributed by atoms with Crippen LogP contribution in [0.15, 0.2) is 42.5 Å². The Morgan fingerprint density at radius 1 is 1.00 bits per heavy atom. The molecule has 1 aliphatic heterocycles. The number of hydrogen-bond donors (Lipinski definition) is 1. The maximum Gasteiger partial charge on any atom is 0.340 e. The summed E-state index contributed by atoms with van der Waals surface area (Å²) in [6, 6.07) is 12.9. The summed E-state index contributed by atoms with van der Waals surface area (Å²) in [6.07, 6.45) is 1.64. The van der Waals surface area contributed by atoms with Crippen LogP contribution in [0, 0.1) is 0 Å². The molecular weight excluding hydrogens is 334 g/mol. The molecule has 26 heavy (non-hydrogen) atoms. The first kappa shape index (κ1) is 18.1. The smallest absolute Gasteiger partial charge is 0.340 e. The third-order valence-electron chi connectivity index (χ3n) is 4.52. The van der Waals surface area contributed by atoms with Crippen molar-refractivity contribution < 1.29 is 23.7 Å². The van der Waals surface area contributed by atoms with Crippen molar-refractivity contribution in [2.75, 3.05) is 27.9 Å². The predicted molar refractivity (Wildman–Crippen MR) is 96.9 cm³/mol. The lowest BCUT2D eigenvalue weighted by Crippen LogP contribution is -2.41. The second-order valence-electron chi connectivity index (χ2n) is 6.03. The SMILES string of the molecule is COc1cc(C(=O)OC2(c3ccccc3)CCCN2)cc(OC)c1OC. The second kappa shape index (κ2) is 7.66. The summed E-state index contributed by atoms with van der Waals surface area (Å²) in [7, 11) is 4.54. The van der Waals surface area contributed by atoms with Crippen LogP contribution in [0.5, 0.6) is 17.2 Å². The van der Waals surface area contributed by atoms with E-state index in [0.29, 0.717) is 29.2 Å². The average molecular weight is 357 g/mol. The molecule has 0 saturated carbocycles. The van der Waals surface area contributed by atoms with Crippen LogP contribution in [-0.2, 0) is 10.5 Å². The van der Waals surface area contributed by atoms with Gasteiger partial charge in [-0.1, -0.05) is 30.3 Å². The van der Waals surface area contributed by atoms with E-state index >= 15 is 0 Å². The van der Waals surface area contributed by atoms with Gasteiger partial charge in [-0.25, -0.2) is 4.79 Å². The molecule has 2 aromatic rings. The van der Waals surface area contributed by atoms with Gasteiger partial charge in [0.1, 0.15) is 0 Å². The van der Waals surface area contributed by atoms with Crippen molar-refractivity contribution in [2.24, 2.45) is 0 Å². The second-order valence-corrected chi connectivity index (χ2v) is 6.03. The molecule has 1 atom stereocenters. The minimum atomic E-state index is -0.821. The van der Waals surface area contributed by atoms with Crippen LogP contribution < -0.4 is 19.5 Å². The largest absolute Gasteiger partial charge is 0.493 e. The molecule has 0 aromatic heterocycles. The maximum absolute atomic E-state index is 12.9. The first-order chi connectivity index (χ1) is 12.6. The van der Waals surface area contributed by atoms with E-state index in [-0.39, 0.29) is 0 Å². The molecule has 138 valence electrons. The van der Waals surface area contributed by atoms with Gasteiger partial charge in [-0.15, -0.1) is 0 Å². The Hall–Kier alpha value is -2.73. The lowest BCUT2D eigenvalue weighted by Gasteiger charge is -2.30. The quantitative estimate of drug-likeness (QED) is 0.802. The van der Waals surface area contributed by atoms with E-state index in [1.54, 1.807) is 12.1 Å². The van der Waals surface area contributed by atoms with Gasteiger partial charge in [-0.3, -0.25) is 5.32 Å². The monoisotopic (exact) mass is 357 g/mol. The fourth-order valence-electron chi connectivity index (χ4n) is 3.23.